The first kappa shape index (κ1) is 17.1. The van der Waals surface area contributed by atoms with Gasteiger partial charge < -0.3 is 9.64 Å². The summed E-state index contributed by atoms with van der Waals surface area (Å²) in [5.74, 6) is -0.356. The van der Waals surface area contributed by atoms with E-state index >= 15 is 0 Å². The summed E-state index contributed by atoms with van der Waals surface area (Å²) < 4.78 is 5.05. The van der Waals surface area contributed by atoms with Gasteiger partial charge in [0.25, 0.3) is 5.56 Å². The summed E-state index contributed by atoms with van der Waals surface area (Å²) in [5, 5.41) is 7.72. The van der Waals surface area contributed by atoms with E-state index in [1.807, 2.05) is 6.07 Å². The second-order valence-electron chi connectivity index (χ2n) is 6.13. The number of esters is 1. The van der Waals surface area contributed by atoms with Gasteiger partial charge in [-0.3, -0.25) is 14.4 Å². The zero-order valence-corrected chi connectivity index (χ0v) is 14.2. The number of carbonyl (C=O) groups excluding carboxylic acids is 2. The van der Waals surface area contributed by atoms with Gasteiger partial charge in [-0.1, -0.05) is 18.2 Å². The Morgan fingerprint density at radius 2 is 1.92 bits per heavy atom. The summed E-state index contributed by atoms with van der Waals surface area (Å²) in [5.41, 5.74) is 0.301. The Hall–Kier alpha value is -2.70. The lowest BCUT2D eigenvalue weighted by molar-refractivity contribution is -0.151. The second kappa shape index (κ2) is 7.46. The predicted octanol–water partition coefficient (Wildman–Crippen LogP) is 1.27. The van der Waals surface area contributed by atoms with E-state index in [9.17, 15) is 14.4 Å². The molecule has 2 heterocycles. The molecule has 1 aliphatic heterocycles. The van der Waals surface area contributed by atoms with Gasteiger partial charge in [-0.25, -0.2) is 5.10 Å². The molecule has 0 atom stereocenters. The minimum Gasteiger partial charge on any atom is -0.466 e. The Morgan fingerprint density at radius 3 is 2.60 bits per heavy atom. The molecule has 1 N–H and O–H groups in total. The first-order valence-corrected chi connectivity index (χ1v) is 8.51. The molecular weight excluding hydrogens is 322 g/mol. The lowest BCUT2D eigenvalue weighted by Gasteiger charge is -2.30. The number of fused-ring (bicyclic) bond motifs is 1. The molecule has 25 heavy (non-hydrogen) atoms. The van der Waals surface area contributed by atoms with Crippen LogP contribution in [0.4, 0.5) is 0 Å². The fraction of sp³-hybridized carbons (Fsp3) is 0.444. The average molecular weight is 343 g/mol. The van der Waals surface area contributed by atoms with E-state index in [-0.39, 0.29) is 29.8 Å². The van der Waals surface area contributed by atoms with Crippen LogP contribution in [0.3, 0.4) is 0 Å². The molecular formula is C18H21N3O4. The van der Waals surface area contributed by atoms with Crippen molar-refractivity contribution in [2.75, 3.05) is 19.7 Å². The number of nitrogens with one attached hydrogen (secondary N) is 1. The molecule has 1 fully saturated rings. The quantitative estimate of drug-likeness (QED) is 0.844. The first-order valence-electron chi connectivity index (χ1n) is 8.51. The topological polar surface area (TPSA) is 92.4 Å². The van der Waals surface area contributed by atoms with Crippen LogP contribution in [0.25, 0.3) is 10.8 Å². The second-order valence-corrected chi connectivity index (χ2v) is 6.13. The largest absolute Gasteiger partial charge is 0.466 e. The van der Waals surface area contributed by atoms with Crippen LogP contribution < -0.4 is 5.56 Å². The fourth-order valence-electron chi connectivity index (χ4n) is 3.19. The third-order valence-corrected chi connectivity index (χ3v) is 4.56. The first-order chi connectivity index (χ1) is 12.1. The van der Waals surface area contributed by atoms with Crippen molar-refractivity contribution < 1.29 is 14.3 Å². The molecule has 2 aromatic rings. The standard InChI is InChI=1S/C18H21N3O4/c1-2-25-18(24)12-7-9-21(10-8-12)16(22)11-15-13-5-3-4-6-14(13)17(23)20-19-15/h3-6,12H,2,7-11H2,1H3,(H,20,23). The number of rotatable bonds is 4. The lowest BCUT2D eigenvalue weighted by atomic mass is 9.96. The minimum absolute atomic E-state index is 0.0491. The van der Waals surface area contributed by atoms with E-state index in [2.05, 4.69) is 10.2 Å². The molecule has 0 bridgehead atoms. The highest BCUT2D eigenvalue weighted by atomic mass is 16.5. The van der Waals surface area contributed by atoms with Gasteiger partial charge in [0.15, 0.2) is 0 Å². The molecule has 1 amide bonds. The van der Waals surface area contributed by atoms with Gasteiger partial charge in [0.1, 0.15) is 0 Å². The zero-order valence-electron chi connectivity index (χ0n) is 14.2. The smallest absolute Gasteiger partial charge is 0.309 e. The highest BCUT2D eigenvalue weighted by molar-refractivity contribution is 5.88. The number of piperidine rings is 1. The Kier molecular flexibility index (Phi) is 5.11. The number of benzene rings is 1. The number of ether oxygens (including phenoxy) is 1. The summed E-state index contributed by atoms with van der Waals surface area (Å²) in [6.07, 6.45) is 1.36. The van der Waals surface area contributed by atoms with Gasteiger partial charge >= 0.3 is 5.97 Å². The van der Waals surface area contributed by atoms with E-state index in [0.29, 0.717) is 49.0 Å². The maximum absolute atomic E-state index is 12.6. The molecule has 1 aliphatic rings. The summed E-state index contributed by atoms with van der Waals surface area (Å²) in [6.45, 7) is 3.23. The van der Waals surface area contributed by atoms with Crippen molar-refractivity contribution >= 4 is 22.6 Å². The van der Waals surface area contributed by atoms with E-state index in [0.717, 1.165) is 0 Å². The molecule has 132 valence electrons. The minimum atomic E-state index is -0.262. The summed E-state index contributed by atoms with van der Waals surface area (Å²) >= 11 is 0. The van der Waals surface area contributed by atoms with Crippen molar-refractivity contribution in [1.29, 1.82) is 0 Å². The highest BCUT2D eigenvalue weighted by Crippen LogP contribution is 2.20. The van der Waals surface area contributed by atoms with Crippen LogP contribution in [0.2, 0.25) is 0 Å². The van der Waals surface area contributed by atoms with Crippen LogP contribution >= 0.6 is 0 Å². The predicted molar refractivity (Wildman–Crippen MR) is 92.0 cm³/mol. The van der Waals surface area contributed by atoms with Crippen molar-refractivity contribution in [3.8, 4) is 0 Å². The van der Waals surface area contributed by atoms with Crippen LogP contribution in [0.15, 0.2) is 29.1 Å². The van der Waals surface area contributed by atoms with Crippen LogP contribution in [-0.2, 0) is 20.7 Å². The molecule has 0 radical (unpaired) electrons. The maximum Gasteiger partial charge on any atom is 0.309 e. The van der Waals surface area contributed by atoms with Crippen LogP contribution in [0.5, 0.6) is 0 Å². The Morgan fingerprint density at radius 1 is 1.24 bits per heavy atom. The SMILES string of the molecule is CCOC(=O)C1CCN(C(=O)Cc2n[nH]c(=O)c3ccccc23)CC1. The van der Waals surface area contributed by atoms with Crippen LogP contribution in [0, 0.1) is 5.92 Å². The van der Waals surface area contributed by atoms with Gasteiger partial charge in [0.2, 0.25) is 5.91 Å². The highest BCUT2D eigenvalue weighted by Gasteiger charge is 2.28. The number of aromatic nitrogens is 2. The van der Waals surface area contributed by atoms with Crippen LogP contribution in [-0.4, -0.2) is 46.7 Å². The Balaban J connectivity index is 1.67. The molecule has 7 nitrogen and oxygen atoms in total. The number of amides is 1. The molecule has 0 spiro atoms. The van der Waals surface area contributed by atoms with Gasteiger partial charge in [-0.15, -0.1) is 0 Å². The lowest BCUT2D eigenvalue weighted by Crippen LogP contribution is -2.41. The van der Waals surface area contributed by atoms with E-state index in [4.69, 9.17) is 4.74 Å². The summed E-state index contributed by atoms with van der Waals surface area (Å²) in [7, 11) is 0. The molecule has 1 aromatic heterocycles. The summed E-state index contributed by atoms with van der Waals surface area (Å²) in [4.78, 5) is 37.9. The van der Waals surface area contributed by atoms with E-state index < -0.39 is 0 Å². The average Bonchev–Trinajstić information content (AvgIpc) is 2.64. The molecule has 3 rings (SSSR count). The number of hydrogen-bond acceptors (Lipinski definition) is 5. The van der Waals surface area contributed by atoms with Gasteiger partial charge in [-0.2, -0.15) is 5.10 Å². The van der Waals surface area contributed by atoms with Crippen molar-refractivity contribution in [1.82, 2.24) is 15.1 Å². The monoisotopic (exact) mass is 343 g/mol. The fourth-order valence-corrected chi connectivity index (χ4v) is 3.19. The normalized spacial score (nSPS) is 15.3. The Bertz CT molecular complexity index is 838. The third kappa shape index (κ3) is 3.70. The molecule has 1 saturated heterocycles. The number of H-pyrrole nitrogens is 1. The number of carbonyl (C=O) groups is 2. The van der Waals surface area contributed by atoms with E-state index in [1.165, 1.54) is 0 Å². The molecule has 0 aliphatic carbocycles. The van der Waals surface area contributed by atoms with Crippen LogP contribution in [0.1, 0.15) is 25.5 Å². The Labute approximate surface area is 145 Å². The van der Waals surface area contributed by atoms with Crippen molar-refractivity contribution in [3.05, 3.63) is 40.3 Å². The third-order valence-electron chi connectivity index (χ3n) is 4.56. The zero-order chi connectivity index (χ0) is 17.8. The molecule has 7 heteroatoms. The number of likely N-dealkylation sites (tertiary alicyclic amines) is 1. The van der Waals surface area contributed by atoms with Gasteiger partial charge in [-0.05, 0) is 25.8 Å². The molecule has 0 unspecified atom stereocenters. The molecule has 1 aromatic carbocycles. The van der Waals surface area contributed by atoms with Gasteiger partial charge in [0, 0.05) is 18.5 Å². The van der Waals surface area contributed by atoms with Crippen molar-refractivity contribution in [2.24, 2.45) is 5.92 Å². The number of aromatic amines is 1. The van der Waals surface area contributed by atoms with E-state index in [1.54, 1.807) is 30.0 Å². The van der Waals surface area contributed by atoms with Crippen molar-refractivity contribution in [2.45, 2.75) is 26.2 Å². The number of hydrogen-bond donors (Lipinski definition) is 1. The van der Waals surface area contributed by atoms with Gasteiger partial charge in [0.05, 0.1) is 30.0 Å². The maximum atomic E-state index is 12.6. The number of nitrogens with zero attached hydrogens (tertiary/aromatic N) is 2. The molecule has 0 saturated carbocycles. The van der Waals surface area contributed by atoms with Crippen molar-refractivity contribution in [3.63, 3.8) is 0 Å². The summed E-state index contributed by atoms with van der Waals surface area (Å²) in [6, 6.07) is 7.12.